The van der Waals surface area contributed by atoms with Crippen LogP contribution in [0.25, 0.3) is 11.0 Å². The van der Waals surface area contributed by atoms with Crippen molar-refractivity contribution >= 4 is 23.3 Å². The van der Waals surface area contributed by atoms with Crippen molar-refractivity contribution in [2.45, 2.75) is 31.8 Å². The lowest BCUT2D eigenvalue weighted by molar-refractivity contribution is -0.187. The smallest absolute Gasteiger partial charge is 0.321 e. The van der Waals surface area contributed by atoms with E-state index < -0.39 is 12.3 Å². The number of rotatable bonds is 3. The average molecular weight is 355 g/mol. The van der Waals surface area contributed by atoms with Gasteiger partial charge in [0.05, 0.1) is 30.9 Å². The van der Waals surface area contributed by atoms with E-state index in [1.807, 2.05) is 12.1 Å². The van der Waals surface area contributed by atoms with Crippen LogP contribution < -0.4 is 0 Å². The number of fused-ring (bicyclic) bond motifs is 1. The Hall–Kier alpha value is -1.35. The molecule has 5 nitrogen and oxygen atoms in total. The van der Waals surface area contributed by atoms with E-state index in [0.717, 1.165) is 36.0 Å². The molecule has 0 atom stereocenters. The Morgan fingerprint density at radius 1 is 1.08 bits per heavy atom. The maximum atomic E-state index is 13.4. The first-order valence-corrected chi connectivity index (χ1v) is 8.49. The maximum absolute atomic E-state index is 13.4. The molecule has 1 aromatic heterocycles. The third kappa shape index (κ3) is 2.67. The van der Waals surface area contributed by atoms with E-state index in [1.54, 1.807) is 16.7 Å². The standard InChI is InChI=1S/C16H19F2N3O2S/c17-14(18)21-13-4-2-1-3-12(13)20(15(21)24)11-19-7-5-16(6-8-19)22-9-10-23-16/h1-4,14H,5-11H2. The fourth-order valence-electron chi connectivity index (χ4n) is 3.58. The molecule has 0 aliphatic carbocycles. The molecular formula is C16H19F2N3O2S. The quantitative estimate of drug-likeness (QED) is 0.790. The Bertz CT molecular complexity index is 788. The molecular weight excluding hydrogens is 336 g/mol. The van der Waals surface area contributed by atoms with Crippen LogP contribution in [-0.4, -0.2) is 46.1 Å². The Labute approximate surface area is 143 Å². The molecule has 2 aromatic rings. The number of nitrogens with zero attached hydrogens (tertiary/aromatic N) is 3. The summed E-state index contributed by atoms with van der Waals surface area (Å²) in [5.41, 5.74) is 1.20. The van der Waals surface area contributed by atoms with Gasteiger partial charge in [0.15, 0.2) is 10.6 Å². The van der Waals surface area contributed by atoms with Gasteiger partial charge in [-0.15, -0.1) is 0 Å². The molecule has 0 radical (unpaired) electrons. The van der Waals surface area contributed by atoms with Gasteiger partial charge in [-0.05, 0) is 24.4 Å². The predicted octanol–water partition coefficient (Wildman–Crippen LogP) is 3.36. The molecule has 1 spiro atoms. The number of piperidine rings is 1. The highest BCUT2D eigenvalue weighted by molar-refractivity contribution is 7.71. The molecule has 0 amide bonds. The number of hydrogen-bond donors (Lipinski definition) is 0. The maximum Gasteiger partial charge on any atom is 0.321 e. The zero-order valence-corrected chi connectivity index (χ0v) is 14.0. The van der Waals surface area contributed by atoms with Gasteiger partial charge in [-0.2, -0.15) is 8.78 Å². The summed E-state index contributed by atoms with van der Waals surface area (Å²) in [5, 5.41) is 0. The Morgan fingerprint density at radius 3 is 2.33 bits per heavy atom. The molecule has 0 saturated carbocycles. The Kier molecular flexibility index (Phi) is 4.16. The van der Waals surface area contributed by atoms with E-state index >= 15 is 0 Å². The third-order valence-electron chi connectivity index (χ3n) is 4.84. The van der Waals surface area contributed by atoms with Crippen molar-refractivity contribution in [2.24, 2.45) is 0 Å². The highest BCUT2D eigenvalue weighted by atomic mass is 32.1. The lowest BCUT2D eigenvalue weighted by atomic mass is 10.0. The van der Waals surface area contributed by atoms with Crippen LogP contribution in [0, 0.1) is 4.77 Å². The van der Waals surface area contributed by atoms with Crippen LogP contribution >= 0.6 is 12.2 Å². The van der Waals surface area contributed by atoms with E-state index in [2.05, 4.69) is 4.90 Å². The molecule has 24 heavy (non-hydrogen) atoms. The second kappa shape index (κ2) is 6.18. The lowest BCUT2D eigenvalue weighted by Crippen LogP contribution is -2.45. The largest absolute Gasteiger partial charge is 0.347 e. The van der Waals surface area contributed by atoms with E-state index in [0.29, 0.717) is 25.4 Å². The Balaban J connectivity index is 1.59. The van der Waals surface area contributed by atoms with Crippen LogP contribution in [0.2, 0.25) is 0 Å². The molecule has 130 valence electrons. The van der Waals surface area contributed by atoms with Crippen LogP contribution in [0.4, 0.5) is 8.78 Å². The second-order valence-electron chi connectivity index (χ2n) is 6.21. The number of likely N-dealkylation sites (tertiary alicyclic amines) is 1. The molecule has 2 saturated heterocycles. The van der Waals surface area contributed by atoms with Gasteiger partial charge in [-0.3, -0.25) is 9.47 Å². The molecule has 8 heteroatoms. The number of ether oxygens (including phenoxy) is 2. The molecule has 0 bridgehead atoms. The summed E-state index contributed by atoms with van der Waals surface area (Å²) in [4.78, 5) is 2.20. The monoisotopic (exact) mass is 355 g/mol. The Morgan fingerprint density at radius 2 is 1.71 bits per heavy atom. The van der Waals surface area contributed by atoms with E-state index in [1.165, 1.54) is 0 Å². The summed E-state index contributed by atoms with van der Waals surface area (Å²) >= 11 is 5.31. The van der Waals surface area contributed by atoms with E-state index in [9.17, 15) is 8.78 Å². The molecule has 4 rings (SSSR count). The summed E-state index contributed by atoms with van der Waals surface area (Å²) < 4.78 is 41.1. The zero-order valence-electron chi connectivity index (χ0n) is 13.2. The van der Waals surface area contributed by atoms with Crippen molar-refractivity contribution < 1.29 is 18.3 Å². The molecule has 2 fully saturated rings. The SMILES string of the molecule is FC(F)n1c(=S)n(CN2CCC3(CC2)OCCO3)c2ccccc21. The van der Waals surface area contributed by atoms with Crippen LogP contribution in [0.3, 0.4) is 0 Å². The summed E-state index contributed by atoms with van der Waals surface area (Å²) in [5.74, 6) is -0.436. The average Bonchev–Trinajstić information content (AvgIpc) is 3.13. The summed E-state index contributed by atoms with van der Waals surface area (Å²) in [7, 11) is 0. The number of benzene rings is 1. The molecule has 2 aliphatic heterocycles. The van der Waals surface area contributed by atoms with Gasteiger partial charge in [0.2, 0.25) is 0 Å². The lowest BCUT2D eigenvalue weighted by Gasteiger charge is -2.37. The van der Waals surface area contributed by atoms with Gasteiger partial charge >= 0.3 is 6.55 Å². The van der Waals surface area contributed by atoms with Crippen LogP contribution in [0.15, 0.2) is 24.3 Å². The van der Waals surface area contributed by atoms with Gasteiger partial charge in [0.25, 0.3) is 0 Å². The van der Waals surface area contributed by atoms with Crippen LogP contribution in [-0.2, 0) is 16.1 Å². The van der Waals surface area contributed by atoms with E-state index in [4.69, 9.17) is 21.7 Å². The predicted molar refractivity (Wildman–Crippen MR) is 87.5 cm³/mol. The minimum atomic E-state index is -2.64. The van der Waals surface area contributed by atoms with Gasteiger partial charge in [-0.25, -0.2) is 0 Å². The van der Waals surface area contributed by atoms with Crippen LogP contribution in [0.1, 0.15) is 19.4 Å². The summed E-state index contributed by atoms with van der Waals surface area (Å²) in [6.45, 7) is 0.717. The van der Waals surface area contributed by atoms with Gasteiger partial charge in [0.1, 0.15) is 0 Å². The van der Waals surface area contributed by atoms with E-state index in [-0.39, 0.29) is 4.77 Å². The topological polar surface area (TPSA) is 31.6 Å². The molecule has 0 N–H and O–H groups in total. The first-order chi connectivity index (χ1) is 11.6. The van der Waals surface area contributed by atoms with Crippen molar-refractivity contribution in [1.29, 1.82) is 0 Å². The van der Waals surface area contributed by atoms with Crippen molar-refractivity contribution in [3.05, 3.63) is 29.0 Å². The van der Waals surface area contributed by atoms with Gasteiger partial charge in [-0.1, -0.05) is 12.1 Å². The minimum Gasteiger partial charge on any atom is -0.347 e. The zero-order chi connectivity index (χ0) is 16.7. The normalized spacial score (nSPS) is 21.3. The first kappa shape index (κ1) is 16.1. The molecule has 3 heterocycles. The van der Waals surface area contributed by atoms with Crippen molar-refractivity contribution in [1.82, 2.24) is 14.0 Å². The number of halogens is 2. The van der Waals surface area contributed by atoms with Crippen molar-refractivity contribution in [3.63, 3.8) is 0 Å². The second-order valence-corrected chi connectivity index (χ2v) is 6.58. The first-order valence-electron chi connectivity index (χ1n) is 8.08. The number of aromatic nitrogens is 2. The minimum absolute atomic E-state index is 0.153. The van der Waals surface area contributed by atoms with Crippen molar-refractivity contribution in [3.8, 4) is 0 Å². The highest BCUT2D eigenvalue weighted by Gasteiger charge is 2.39. The molecule has 2 aliphatic rings. The third-order valence-corrected chi connectivity index (χ3v) is 5.25. The fraction of sp³-hybridized carbons (Fsp3) is 0.562. The highest BCUT2D eigenvalue weighted by Crippen LogP contribution is 2.32. The number of alkyl halides is 2. The summed E-state index contributed by atoms with van der Waals surface area (Å²) in [6, 6.07) is 7.10. The van der Waals surface area contributed by atoms with Crippen molar-refractivity contribution in [2.75, 3.05) is 26.3 Å². The fourth-order valence-corrected chi connectivity index (χ4v) is 3.91. The number of para-hydroxylation sites is 2. The van der Waals surface area contributed by atoms with Crippen LogP contribution in [0.5, 0.6) is 0 Å². The summed E-state index contributed by atoms with van der Waals surface area (Å²) in [6.07, 6.45) is 1.57. The van der Waals surface area contributed by atoms with Gasteiger partial charge < -0.3 is 14.0 Å². The number of hydrogen-bond acceptors (Lipinski definition) is 4. The molecule has 1 aromatic carbocycles. The van der Waals surface area contributed by atoms with Gasteiger partial charge in [0, 0.05) is 25.9 Å². The number of imidazole rings is 1. The molecule has 0 unspecified atom stereocenters.